The largest absolute Gasteiger partial charge is 0.481 e. The van der Waals surface area contributed by atoms with E-state index in [1.807, 2.05) is 6.92 Å². The molecule has 1 atom stereocenters. The Balaban J connectivity index is 2.01. The molecule has 1 unspecified atom stereocenters. The van der Waals surface area contributed by atoms with Crippen LogP contribution in [0.1, 0.15) is 103 Å². The molecule has 2 rings (SSSR count). The third-order valence-corrected chi connectivity index (χ3v) is 6.40. The lowest BCUT2D eigenvalue weighted by atomic mass is 9.57. The molecule has 154 valence electrons. The van der Waals surface area contributed by atoms with E-state index in [-0.39, 0.29) is 17.8 Å². The number of nitrogens with zero attached hydrogens (tertiary/aromatic N) is 2. The van der Waals surface area contributed by atoms with Crippen LogP contribution in [-0.4, -0.2) is 27.8 Å². The van der Waals surface area contributed by atoms with Gasteiger partial charge in [0.15, 0.2) is 5.82 Å². The number of aromatic nitrogens is 2. The third kappa shape index (κ3) is 6.03. The Hall–Kier alpha value is -1.43. The van der Waals surface area contributed by atoms with Crippen molar-refractivity contribution in [1.82, 2.24) is 15.5 Å². The van der Waals surface area contributed by atoms with Gasteiger partial charge in [0.25, 0.3) is 0 Å². The second-order valence-corrected chi connectivity index (χ2v) is 9.11. The second kappa shape index (κ2) is 9.67. The van der Waals surface area contributed by atoms with Crippen molar-refractivity contribution in [1.29, 1.82) is 0 Å². The Morgan fingerprint density at radius 3 is 2.59 bits per heavy atom. The van der Waals surface area contributed by atoms with Gasteiger partial charge in [0.1, 0.15) is 0 Å². The van der Waals surface area contributed by atoms with E-state index in [1.54, 1.807) is 0 Å². The molecule has 0 spiro atoms. The second-order valence-electron chi connectivity index (χ2n) is 9.11. The summed E-state index contributed by atoms with van der Waals surface area (Å²) in [6, 6.07) is 0. The van der Waals surface area contributed by atoms with Gasteiger partial charge in [-0.15, -0.1) is 0 Å². The Bertz CT molecular complexity index is 586. The van der Waals surface area contributed by atoms with E-state index >= 15 is 0 Å². The number of hydrogen-bond acceptors (Lipinski definition) is 5. The predicted molar refractivity (Wildman–Crippen MR) is 105 cm³/mol. The molecule has 0 radical (unpaired) electrons. The van der Waals surface area contributed by atoms with Crippen molar-refractivity contribution in [2.45, 2.75) is 97.9 Å². The van der Waals surface area contributed by atoms with Crippen LogP contribution in [0.5, 0.6) is 0 Å². The molecule has 1 aliphatic rings. The fourth-order valence-corrected chi connectivity index (χ4v) is 4.56. The molecule has 1 aliphatic carbocycles. The van der Waals surface area contributed by atoms with E-state index in [2.05, 4.69) is 36.2 Å². The average molecular weight is 380 g/mol. The molecule has 0 amide bonds. The molecule has 0 aliphatic heterocycles. The van der Waals surface area contributed by atoms with E-state index in [0.717, 1.165) is 25.8 Å². The zero-order valence-electron chi connectivity index (χ0n) is 17.5. The first kappa shape index (κ1) is 21.9. The number of rotatable bonds is 10. The first-order valence-electron chi connectivity index (χ1n) is 10.5. The van der Waals surface area contributed by atoms with Gasteiger partial charge >= 0.3 is 5.97 Å². The van der Waals surface area contributed by atoms with Gasteiger partial charge < -0.3 is 14.9 Å². The smallest absolute Gasteiger partial charge is 0.304 e. The van der Waals surface area contributed by atoms with Crippen LogP contribution in [-0.2, 0) is 11.3 Å². The van der Waals surface area contributed by atoms with Crippen LogP contribution in [0.4, 0.5) is 0 Å². The maximum atomic E-state index is 11.3. The standard InChI is InChI=1S/C21H37N3O3/c1-5-22-15-17-23-19(27-24-17)16(14-18(25)26)10-9-13-21(20(2,3)4)11-7-6-8-12-21/h16,22H,5-15H2,1-4H3,(H,25,26). The highest BCUT2D eigenvalue weighted by molar-refractivity contribution is 5.67. The molecule has 1 saturated carbocycles. The minimum absolute atomic E-state index is 0.0470. The lowest BCUT2D eigenvalue weighted by Crippen LogP contribution is -2.37. The number of carboxylic acid groups (broad SMARTS) is 1. The zero-order valence-corrected chi connectivity index (χ0v) is 17.5. The minimum atomic E-state index is -0.811. The first-order chi connectivity index (χ1) is 12.8. The monoisotopic (exact) mass is 379 g/mol. The maximum absolute atomic E-state index is 11.3. The van der Waals surface area contributed by atoms with Crippen molar-refractivity contribution in [2.24, 2.45) is 10.8 Å². The highest BCUT2D eigenvalue weighted by Crippen LogP contribution is 2.53. The van der Waals surface area contributed by atoms with Gasteiger partial charge in [0.05, 0.1) is 13.0 Å². The minimum Gasteiger partial charge on any atom is -0.481 e. The van der Waals surface area contributed by atoms with E-state index in [0.29, 0.717) is 23.7 Å². The summed E-state index contributed by atoms with van der Waals surface area (Å²) in [7, 11) is 0. The topological polar surface area (TPSA) is 88.2 Å². The fraction of sp³-hybridized carbons (Fsp3) is 0.857. The number of hydrogen-bond donors (Lipinski definition) is 2. The molecule has 1 fully saturated rings. The molecule has 1 heterocycles. The molecule has 27 heavy (non-hydrogen) atoms. The highest BCUT2D eigenvalue weighted by Gasteiger charge is 2.41. The van der Waals surface area contributed by atoms with Gasteiger partial charge in [-0.25, -0.2) is 0 Å². The average Bonchev–Trinajstić information content (AvgIpc) is 3.07. The number of carbonyl (C=O) groups is 1. The molecule has 1 aromatic rings. The molecular weight excluding hydrogens is 342 g/mol. The normalized spacial score (nSPS) is 18.4. The molecular formula is C21H37N3O3. The van der Waals surface area contributed by atoms with E-state index in [4.69, 9.17) is 4.52 Å². The lowest BCUT2D eigenvalue weighted by molar-refractivity contribution is -0.137. The molecule has 6 heteroatoms. The summed E-state index contributed by atoms with van der Waals surface area (Å²) in [5.74, 6) is 0.0556. The van der Waals surface area contributed by atoms with Gasteiger partial charge in [-0.3, -0.25) is 4.79 Å². The summed E-state index contributed by atoms with van der Waals surface area (Å²) in [5.41, 5.74) is 0.642. The van der Waals surface area contributed by atoms with Crippen molar-refractivity contribution in [2.75, 3.05) is 6.54 Å². The Morgan fingerprint density at radius 1 is 1.30 bits per heavy atom. The molecule has 6 nitrogen and oxygen atoms in total. The van der Waals surface area contributed by atoms with Crippen molar-refractivity contribution in [3.05, 3.63) is 11.7 Å². The van der Waals surface area contributed by atoms with Crippen molar-refractivity contribution < 1.29 is 14.4 Å². The van der Waals surface area contributed by atoms with Gasteiger partial charge in [0.2, 0.25) is 5.89 Å². The highest BCUT2D eigenvalue weighted by atomic mass is 16.5. The van der Waals surface area contributed by atoms with E-state index in [1.165, 1.54) is 32.1 Å². The summed E-state index contributed by atoms with van der Waals surface area (Å²) >= 11 is 0. The summed E-state index contributed by atoms with van der Waals surface area (Å²) in [6.07, 6.45) is 9.51. The van der Waals surface area contributed by atoms with Crippen LogP contribution in [0.2, 0.25) is 0 Å². The molecule has 1 aromatic heterocycles. The van der Waals surface area contributed by atoms with Crippen LogP contribution < -0.4 is 5.32 Å². The van der Waals surface area contributed by atoms with Crippen molar-refractivity contribution >= 4 is 5.97 Å². The van der Waals surface area contributed by atoms with Gasteiger partial charge in [-0.2, -0.15) is 4.98 Å². The van der Waals surface area contributed by atoms with Gasteiger partial charge in [-0.1, -0.05) is 58.5 Å². The molecule has 0 saturated heterocycles. The predicted octanol–water partition coefficient (Wildman–Crippen LogP) is 4.90. The Kier molecular flexibility index (Phi) is 7.83. The third-order valence-electron chi connectivity index (χ3n) is 6.40. The summed E-state index contributed by atoms with van der Waals surface area (Å²) in [6.45, 7) is 10.5. The molecule has 2 N–H and O–H groups in total. The van der Waals surface area contributed by atoms with E-state index in [9.17, 15) is 9.90 Å². The number of aliphatic carboxylic acids is 1. The van der Waals surface area contributed by atoms with Crippen LogP contribution >= 0.6 is 0 Å². The molecule has 0 bridgehead atoms. The van der Waals surface area contributed by atoms with Crippen LogP contribution in [0, 0.1) is 10.8 Å². The van der Waals surface area contributed by atoms with Gasteiger partial charge in [0, 0.05) is 5.92 Å². The summed E-state index contributed by atoms with van der Waals surface area (Å²) in [5, 5.41) is 16.5. The molecule has 0 aromatic carbocycles. The lowest BCUT2D eigenvalue weighted by Gasteiger charge is -2.48. The van der Waals surface area contributed by atoms with Crippen molar-refractivity contribution in [3.8, 4) is 0 Å². The Labute approximate surface area is 163 Å². The number of nitrogens with one attached hydrogen (secondary N) is 1. The summed E-state index contributed by atoms with van der Waals surface area (Å²) < 4.78 is 5.40. The SMILES string of the molecule is CCNCc1noc(C(CCCC2(C(C)(C)C)CCCCC2)CC(=O)O)n1. The van der Waals surface area contributed by atoms with Crippen LogP contribution in [0.15, 0.2) is 4.52 Å². The van der Waals surface area contributed by atoms with Crippen LogP contribution in [0.25, 0.3) is 0 Å². The quantitative estimate of drug-likeness (QED) is 0.601. The number of carboxylic acids is 1. The maximum Gasteiger partial charge on any atom is 0.304 e. The Morgan fingerprint density at radius 2 is 2.00 bits per heavy atom. The first-order valence-corrected chi connectivity index (χ1v) is 10.5. The summed E-state index contributed by atoms with van der Waals surface area (Å²) in [4.78, 5) is 15.8. The zero-order chi connectivity index (χ0) is 19.9. The fourth-order valence-electron chi connectivity index (χ4n) is 4.56. The van der Waals surface area contributed by atoms with Gasteiger partial charge in [-0.05, 0) is 43.1 Å². The van der Waals surface area contributed by atoms with Crippen molar-refractivity contribution in [3.63, 3.8) is 0 Å². The van der Waals surface area contributed by atoms with Crippen LogP contribution in [0.3, 0.4) is 0 Å². The van der Waals surface area contributed by atoms with E-state index < -0.39 is 5.97 Å².